The number of nitrogens with one attached hydrogen (secondary N) is 1. The van der Waals surface area contributed by atoms with Crippen LogP contribution < -0.4 is 10.2 Å². The fourth-order valence-electron chi connectivity index (χ4n) is 2.86. The van der Waals surface area contributed by atoms with Crippen LogP contribution >= 0.6 is 11.6 Å². The van der Waals surface area contributed by atoms with E-state index < -0.39 is 0 Å². The van der Waals surface area contributed by atoms with Gasteiger partial charge >= 0.3 is 0 Å². The normalized spacial score (nSPS) is 26.2. The van der Waals surface area contributed by atoms with Crippen molar-refractivity contribution in [3.05, 3.63) is 28.8 Å². The highest BCUT2D eigenvalue weighted by Crippen LogP contribution is 2.36. The molecule has 2 fully saturated rings. The van der Waals surface area contributed by atoms with E-state index in [4.69, 9.17) is 11.6 Å². The van der Waals surface area contributed by atoms with E-state index in [0.717, 1.165) is 17.8 Å². The summed E-state index contributed by atoms with van der Waals surface area (Å²) in [5, 5.41) is 3.06. The second kappa shape index (κ2) is 5.09. The molecule has 1 N–H and O–H groups in total. The van der Waals surface area contributed by atoms with Crippen LogP contribution in [0.4, 0.5) is 5.69 Å². The van der Waals surface area contributed by atoms with E-state index in [1.165, 1.54) is 6.42 Å². The molecule has 5 heteroatoms. The zero-order valence-electron chi connectivity index (χ0n) is 11.4. The smallest absolute Gasteiger partial charge is 0.234 e. The minimum Gasteiger partial charge on any atom is -0.367 e. The predicted molar refractivity (Wildman–Crippen MR) is 78.0 cm³/mol. The zero-order chi connectivity index (χ0) is 14.3. The molecule has 2 aliphatic rings. The number of carbonyl (C=O) groups excluding carboxylic acids is 2. The molecule has 2 heterocycles. The third kappa shape index (κ3) is 2.29. The Balaban J connectivity index is 1.83. The van der Waals surface area contributed by atoms with Gasteiger partial charge in [0, 0.05) is 19.0 Å². The van der Waals surface area contributed by atoms with E-state index in [9.17, 15) is 9.59 Å². The van der Waals surface area contributed by atoms with Crippen molar-refractivity contribution >= 4 is 29.1 Å². The van der Waals surface area contributed by atoms with Crippen molar-refractivity contribution in [2.45, 2.75) is 38.1 Å². The monoisotopic (exact) mass is 292 g/mol. The molecule has 0 saturated carbocycles. The number of piperidine rings is 1. The lowest BCUT2D eigenvalue weighted by Gasteiger charge is -2.41. The Morgan fingerprint density at radius 3 is 2.65 bits per heavy atom. The molecule has 2 saturated heterocycles. The van der Waals surface area contributed by atoms with E-state index in [1.54, 1.807) is 0 Å². The summed E-state index contributed by atoms with van der Waals surface area (Å²) < 4.78 is 0. The summed E-state index contributed by atoms with van der Waals surface area (Å²) in [4.78, 5) is 25.3. The van der Waals surface area contributed by atoms with Gasteiger partial charge in [-0.05, 0) is 37.5 Å². The molecule has 2 aliphatic heterocycles. The fraction of sp³-hybridized carbons (Fsp3) is 0.467. The van der Waals surface area contributed by atoms with Gasteiger partial charge in [0.1, 0.15) is 0 Å². The minimum atomic E-state index is -0.270. The number of anilines is 1. The first-order valence-corrected chi connectivity index (χ1v) is 7.34. The van der Waals surface area contributed by atoms with Crippen LogP contribution in [0.25, 0.3) is 0 Å². The first-order chi connectivity index (χ1) is 9.56. The summed E-state index contributed by atoms with van der Waals surface area (Å²) in [6.45, 7) is 3.20. The number of hydrogen-bond acceptors (Lipinski definition) is 3. The van der Waals surface area contributed by atoms with Crippen molar-refractivity contribution in [1.29, 1.82) is 0 Å². The highest BCUT2D eigenvalue weighted by molar-refractivity contribution is 6.33. The standard InChI is InChI=1S/C15H17ClN2O2/c1-9-6-7-18(9)13-4-2-10(8-12(13)16)11-3-5-14(19)17-15(11)20/h2,4,8-9,11H,3,5-7H2,1H3,(H,17,19,20). The number of nitrogens with zero attached hydrogens (tertiary/aromatic N) is 1. The van der Waals surface area contributed by atoms with Crippen molar-refractivity contribution < 1.29 is 9.59 Å². The molecule has 2 unspecified atom stereocenters. The number of carbonyl (C=O) groups is 2. The summed E-state index contributed by atoms with van der Waals surface area (Å²) in [6, 6.07) is 6.32. The SMILES string of the molecule is CC1CCN1c1ccc(C2CCC(=O)NC2=O)cc1Cl. The first kappa shape index (κ1) is 13.4. The van der Waals surface area contributed by atoms with Crippen molar-refractivity contribution in [2.75, 3.05) is 11.4 Å². The van der Waals surface area contributed by atoms with Crippen LogP contribution in [-0.2, 0) is 9.59 Å². The lowest BCUT2D eigenvalue weighted by atomic mass is 9.90. The van der Waals surface area contributed by atoms with Gasteiger partial charge in [-0.15, -0.1) is 0 Å². The number of hydrogen-bond donors (Lipinski definition) is 1. The zero-order valence-corrected chi connectivity index (χ0v) is 12.1. The van der Waals surface area contributed by atoms with Gasteiger partial charge < -0.3 is 4.90 Å². The van der Waals surface area contributed by atoms with E-state index in [1.807, 2.05) is 18.2 Å². The van der Waals surface area contributed by atoms with Gasteiger partial charge in [0.05, 0.1) is 16.6 Å². The average molecular weight is 293 g/mol. The molecule has 1 aromatic carbocycles. The number of benzene rings is 1. The summed E-state index contributed by atoms with van der Waals surface area (Å²) in [5.74, 6) is -0.682. The second-order valence-corrected chi connectivity index (χ2v) is 5.95. The molecule has 4 nitrogen and oxygen atoms in total. The summed E-state index contributed by atoms with van der Waals surface area (Å²) in [7, 11) is 0. The summed E-state index contributed by atoms with van der Waals surface area (Å²) in [6.07, 6.45) is 2.13. The Bertz CT molecular complexity index is 573. The Morgan fingerprint density at radius 1 is 1.30 bits per heavy atom. The van der Waals surface area contributed by atoms with Gasteiger partial charge in [-0.3, -0.25) is 14.9 Å². The van der Waals surface area contributed by atoms with E-state index in [-0.39, 0.29) is 17.7 Å². The molecule has 0 aromatic heterocycles. The highest BCUT2D eigenvalue weighted by Gasteiger charge is 2.30. The van der Waals surface area contributed by atoms with Gasteiger partial charge in [-0.2, -0.15) is 0 Å². The molecule has 20 heavy (non-hydrogen) atoms. The molecule has 0 spiro atoms. The molecular weight excluding hydrogens is 276 g/mol. The van der Waals surface area contributed by atoms with Crippen LogP contribution in [0, 0.1) is 0 Å². The third-order valence-corrected chi connectivity index (χ3v) is 4.55. The van der Waals surface area contributed by atoms with Crippen molar-refractivity contribution in [3.8, 4) is 0 Å². The van der Waals surface area contributed by atoms with E-state index in [0.29, 0.717) is 23.9 Å². The second-order valence-electron chi connectivity index (χ2n) is 5.55. The topological polar surface area (TPSA) is 49.4 Å². The Morgan fingerprint density at radius 2 is 2.10 bits per heavy atom. The van der Waals surface area contributed by atoms with Crippen LogP contribution in [0.1, 0.15) is 37.7 Å². The van der Waals surface area contributed by atoms with E-state index in [2.05, 4.69) is 17.1 Å². The summed E-state index contributed by atoms with van der Waals surface area (Å²) in [5.41, 5.74) is 1.92. The van der Waals surface area contributed by atoms with Crippen molar-refractivity contribution in [1.82, 2.24) is 5.32 Å². The number of amides is 2. The lowest BCUT2D eigenvalue weighted by molar-refractivity contribution is -0.134. The Kier molecular flexibility index (Phi) is 3.42. The van der Waals surface area contributed by atoms with Gasteiger partial charge in [0.25, 0.3) is 0 Å². The molecule has 1 aromatic rings. The predicted octanol–water partition coefficient (Wildman–Crippen LogP) is 2.46. The lowest BCUT2D eigenvalue weighted by Crippen LogP contribution is -2.45. The molecule has 0 bridgehead atoms. The largest absolute Gasteiger partial charge is 0.367 e. The fourth-order valence-corrected chi connectivity index (χ4v) is 3.16. The Hall–Kier alpha value is -1.55. The maximum atomic E-state index is 11.9. The Labute approximate surface area is 123 Å². The highest BCUT2D eigenvalue weighted by atomic mass is 35.5. The molecular formula is C15H17ClN2O2. The number of imide groups is 1. The molecule has 2 amide bonds. The molecule has 2 atom stereocenters. The average Bonchev–Trinajstić information content (AvgIpc) is 2.39. The summed E-state index contributed by atoms with van der Waals surface area (Å²) >= 11 is 6.36. The van der Waals surface area contributed by atoms with Gasteiger partial charge in [0.2, 0.25) is 11.8 Å². The van der Waals surface area contributed by atoms with Crippen LogP contribution in [0.15, 0.2) is 18.2 Å². The van der Waals surface area contributed by atoms with Crippen LogP contribution in [0.5, 0.6) is 0 Å². The van der Waals surface area contributed by atoms with E-state index >= 15 is 0 Å². The minimum absolute atomic E-state index is 0.191. The molecule has 3 rings (SSSR count). The molecule has 0 radical (unpaired) electrons. The van der Waals surface area contributed by atoms with Gasteiger partial charge in [-0.25, -0.2) is 0 Å². The van der Waals surface area contributed by atoms with Crippen LogP contribution in [-0.4, -0.2) is 24.4 Å². The van der Waals surface area contributed by atoms with Gasteiger partial charge in [0.15, 0.2) is 0 Å². The first-order valence-electron chi connectivity index (χ1n) is 6.96. The van der Waals surface area contributed by atoms with Gasteiger partial charge in [-0.1, -0.05) is 17.7 Å². The van der Waals surface area contributed by atoms with Crippen LogP contribution in [0.2, 0.25) is 5.02 Å². The third-order valence-electron chi connectivity index (χ3n) is 4.24. The van der Waals surface area contributed by atoms with Crippen LogP contribution in [0.3, 0.4) is 0 Å². The maximum absolute atomic E-state index is 11.9. The quantitative estimate of drug-likeness (QED) is 0.852. The number of rotatable bonds is 2. The van der Waals surface area contributed by atoms with Crippen molar-refractivity contribution in [3.63, 3.8) is 0 Å². The maximum Gasteiger partial charge on any atom is 0.234 e. The molecule has 106 valence electrons. The molecule has 0 aliphatic carbocycles. The number of halogens is 1. The van der Waals surface area contributed by atoms with Crippen molar-refractivity contribution in [2.24, 2.45) is 0 Å².